The number of fused-ring (bicyclic) bond motifs is 1. The second-order valence-corrected chi connectivity index (χ2v) is 5.06. The van der Waals surface area contributed by atoms with Crippen molar-refractivity contribution >= 4 is 16.9 Å². The highest BCUT2D eigenvalue weighted by molar-refractivity contribution is 5.79. The molecular formula is C14H18N4O. The van der Waals surface area contributed by atoms with Gasteiger partial charge in [0, 0.05) is 12.6 Å². The lowest BCUT2D eigenvalue weighted by Gasteiger charge is -2.05. The van der Waals surface area contributed by atoms with Crippen LogP contribution in [0.25, 0.3) is 11.0 Å². The lowest BCUT2D eigenvalue weighted by molar-refractivity contribution is -0.119. The summed E-state index contributed by atoms with van der Waals surface area (Å²) in [5.41, 5.74) is 8.51. The molecule has 1 saturated carbocycles. The first-order chi connectivity index (χ1) is 9.19. The maximum absolute atomic E-state index is 11.1. The number of imidazole rings is 1. The van der Waals surface area contributed by atoms with Crippen molar-refractivity contribution in [2.75, 3.05) is 6.54 Å². The molecule has 0 spiro atoms. The van der Waals surface area contributed by atoms with Gasteiger partial charge in [0.1, 0.15) is 5.82 Å². The average Bonchev–Trinajstić information content (AvgIpc) is 3.18. The minimum atomic E-state index is -0.139. The second kappa shape index (κ2) is 4.66. The van der Waals surface area contributed by atoms with Crippen LogP contribution in [0, 0.1) is 6.92 Å². The largest absolute Gasteiger partial charge is 0.351 e. The number of amides is 1. The summed E-state index contributed by atoms with van der Waals surface area (Å²) in [4.78, 5) is 15.8. The van der Waals surface area contributed by atoms with Crippen molar-refractivity contribution < 1.29 is 4.79 Å². The normalized spacial score (nSPS) is 14.8. The molecule has 5 nitrogen and oxygen atoms in total. The number of hydrogen-bond acceptors (Lipinski definition) is 3. The van der Waals surface area contributed by atoms with Gasteiger partial charge in [-0.1, -0.05) is 6.07 Å². The number of aromatic nitrogens is 2. The first-order valence-electron chi connectivity index (χ1n) is 6.63. The lowest BCUT2D eigenvalue weighted by Crippen LogP contribution is -2.29. The maximum atomic E-state index is 11.1. The van der Waals surface area contributed by atoms with E-state index in [2.05, 4.69) is 20.9 Å². The Balaban J connectivity index is 1.87. The third-order valence-electron chi connectivity index (χ3n) is 3.52. The van der Waals surface area contributed by atoms with Gasteiger partial charge < -0.3 is 15.6 Å². The molecule has 0 saturated heterocycles. The standard InChI is InChI=1S/C14H18N4O/c1-9-17-12-6-10(8-16-14(19)7-15)2-5-13(12)18(9)11-3-4-11/h2,5-6,11H,3-4,7-8,15H2,1H3,(H,16,19). The summed E-state index contributed by atoms with van der Waals surface area (Å²) in [5.74, 6) is 0.931. The highest BCUT2D eigenvalue weighted by Crippen LogP contribution is 2.38. The molecule has 1 fully saturated rings. The molecule has 0 atom stereocenters. The van der Waals surface area contributed by atoms with Gasteiger partial charge in [0.05, 0.1) is 17.6 Å². The monoisotopic (exact) mass is 258 g/mol. The molecule has 0 bridgehead atoms. The summed E-state index contributed by atoms with van der Waals surface area (Å²) in [7, 11) is 0. The SMILES string of the molecule is Cc1nc2cc(CNC(=O)CN)ccc2n1C1CC1. The van der Waals surface area contributed by atoms with Crippen LogP contribution < -0.4 is 11.1 Å². The molecule has 0 unspecified atom stereocenters. The summed E-state index contributed by atoms with van der Waals surface area (Å²) in [5, 5.41) is 2.77. The fraction of sp³-hybridized carbons (Fsp3) is 0.429. The lowest BCUT2D eigenvalue weighted by atomic mass is 10.2. The Morgan fingerprint density at radius 3 is 3.00 bits per heavy atom. The van der Waals surface area contributed by atoms with E-state index >= 15 is 0 Å². The number of nitrogens with two attached hydrogens (primary N) is 1. The predicted octanol–water partition coefficient (Wildman–Crippen LogP) is 1.25. The highest BCUT2D eigenvalue weighted by Gasteiger charge is 2.26. The van der Waals surface area contributed by atoms with Gasteiger partial charge in [0.2, 0.25) is 5.91 Å². The molecule has 1 heterocycles. The van der Waals surface area contributed by atoms with Crippen LogP contribution >= 0.6 is 0 Å². The van der Waals surface area contributed by atoms with E-state index in [9.17, 15) is 4.79 Å². The topological polar surface area (TPSA) is 72.9 Å². The molecule has 2 aromatic rings. The zero-order chi connectivity index (χ0) is 13.4. The van der Waals surface area contributed by atoms with Crippen molar-refractivity contribution in [2.24, 2.45) is 5.73 Å². The molecule has 100 valence electrons. The molecule has 1 aromatic carbocycles. The third-order valence-corrected chi connectivity index (χ3v) is 3.52. The Morgan fingerprint density at radius 1 is 1.53 bits per heavy atom. The van der Waals surface area contributed by atoms with Crippen LogP contribution in [0.2, 0.25) is 0 Å². The second-order valence-electron chi connectivity index (χ2n) is 5.06. The molecule has 1 aromatic heterocycles. The summed E-state index contributed by atoms with van der Waals surface area (Å²) >= 11 is 0. The Labute approximate surface area is 111 Å². The van der Waals surface area contributed by atoms with Crippen molar-refractivity contribution in [3.05, 3.63) is 29.6 Å². The number of hydrogen-bond donors (Lipinski definition) is 2. The van der Waals surface area contributed by atoms with E-state index in [1.807, 2.05) is 19.1 Å². The summed E-state index contributed by atoms with van der Waals surface area (Å²) < 4.78 is 2.32. The number of carbonyl (C=O) groups excluding carboxylic acids is 1. The Bertz CT molecular complexity index is 628. The average molecular weight is 258 g/mol. The number of carbonyl (C=O) groups is 1. The Morgan fingerprint density at radius 2 is 2.32 bits per heavy atom. The van der Waals surface area contributed by atoms with Gasteiger partial charge in [-0.2, -0.15) is 0 Å². The van der Waals surface area contributed by atoms with Gasteiger partial charge in [-0.05, 0) is 37.5 Å². The smallest absolute Gasteiger partial charge is 0.234 e. The fourth-order valence-corrected chi connectivity index (χ4v) is 2.44. The van der Waals surface area contributed by atoms with Crippen LogP contribution in [0.5, 0.6) is 0 Å². The predicted molar refractivity (Wildman–Crippen MR) is 73.6 cm³/mol. The van der Waals surface area contributed by atoms with Crippen LogP contribution in [0.4, 0.5) is 0 Å². The van der Waals surface area contributed by atoms with E-state index in [-0.39, 0.29) is 12.5 Å². The number of nitrogens with zero attached hydrogens (tertiary/aromatic N) is 2. The molecule has 1 aliphatic rings. The Kier molecular flexibility index (Phi) is 2.98. The molecule has 3 N–H and O–H groups in total. The Hall–Kier alpha value is -1.88. The molecule has 1 aliphatic carbocycles. The molecule has 19 heavy (non-hydrogen) atoms. The first-order valence-corrected chi connectivity index (χ1v) is 6.63. The highest BCUT2D eigenvalue weighted by atomic mass is 16.1. The molecule has 0 radical (unpaired) electrons. The van der Waals surface area contributed by atoms with Crippen LogP contribution in [-0.2, 0) is 11.3 Å². The molecule has 3 rings (SSSR count). The quantitative estimate of drug-likeness (QED) is 0.867. The zero-order valence-electron chi connectivity index (χ0n) is 11.0. The van der Waals surface area contributed by atoms with Crippen molar-refractivity contribution in [1.82, 2.24) is 14.9 Å². The van der Waals surface area contributed by atoms with Gasteiger partial charge in [0.15, 0.2) is 0 Å². The van der Waals surface area contributed by atoms with E-state index in [4.69, 9.17) is 5.73 Å². The van der Waals surface area contributed by atoms with E-state index in [0.717, 1.165) is 16.9 Å². The maximum Gasteiger partial charge on any atom is 0.234 e. The van der Waals surface area contributed by atoms with Crippen LogP contribution in [0.1, 0.15) is 30.3 Å². The summed E-state index contributed by atoms with van der Waals surface area (Å²) in [6.45, 7) is 2.58. The van der Waals surface area contributed by atoms with Gasteiger partial charge in [0.25, 0.3) is 0 Å². The third kappa shape index (κ3) is 2.33. The van der Waals surface area contributed by atoms with Crippen molar-refractivity contribution in [2.45, 2.75) is 32.4 Å². The number of aryl methyl sites for hydroxylation is 1. The number of rotatable bonds is 4. The van der Waals surface area contributed by atoms with Crippen molar-refractivity contribution in [1.29, 1.82) is 0 Å². The number of nitrogens with one attached hydrogen (secondary N) is 1. The van der Waals surface area contributed by atoms with Crippen molar-refractivity contribution in [3.63, 3.8) is 0 Å². The van der Waals surface area contributed by atoms with E-state index < -0.39 is 0 Å². The van der Waals surface area contributed by atoms with E-state index in [1.54, 1.807) is 0 Å². The molecular weight excluding hydrogens is 240 g/mol. The minimum Gasteiger partial charge on any atom is -0.351 e. The minimum absolute atomic E-state index is 0.0255. The van der Waals surface area contributed by atoms with E-state index in [0.29, 0.717) is 12.6 Å². The van der Waals surface area contributed by atoms with Gasteiger partial charge >= 0.3 is 0 Å². The number of benzene rings is 1. The molecule has 0 aliphatic heterocycles. The first kappa shape index (κ1) is 12.2. The van der Waals surface area contributed by atoms with Crippen LogP contribution in [0.15, 0.2) is 18.2 Å². The zero-order valence-corrected chi connectivity index (χ0v) is 11.0. The fourth-order valence-electron chi connectivity index (χ4n) is 2.44. The van der Waals surface area contributed by atoms with Gasteiger partial charge in [-0.15, -0.1) is 0 Å². The van der Waals surface area contributed by atoms with Crippen LogP contribution in [0.3, 0.4) is 0 Å². The van der Waals surface area contributed by atoms with Crippen molar-refractivity contribution in [3.8, 4) is 0 Å². The molecule has 1 amide bonds. The summed E-state index contributed by atoms with van der Waals surface area (Å²) in [6, 6.07) is 6.81. The van der Waals surface area contributed by atoms with Gasteiger partial charge in [-0.3, -0.25) is 4.79 Å². The van der Waals surface area contributed by atoms with Crippen LogP contribution in [-0.4, -0.2) is 22.0 Å². The summed E-state index contributed by atoms with van der Waals surface area (Å²) in [6.07, 6.45) is 2.50. The van der Waals surface area contributed by atoms with Gasteiger partial charge in [-0.25, -0.2) is 4.98 Å². The molecule has 5 heteroatoms. The van der Waals surface area contributed by atoms with E-state index in [1.165, 1.54) is 18.4 Å².